The Kier molecular flexibility index (Phi) is 16.6. The fraction of sp³-hybridized carbons (Fsp3) is 1.00. The van der Waals surface area contributed by atoms with Gasteiger partial charge in [0.1, 0.15) is 0 Å². The zero-order valence-corrected chi connectivity index (χ0v) is 18.5. The molecule has 0 aromatic rings. The van der Waals surface area contributed by atoms with Gasteiger partial charge in [-0.1, -0.05) is 117 Å². The highest BCUT2D eigenvalue weighted by molar-refractivity contribution is 7.99. The minimum absolute atomic E-state index is 1.06. The summed E-state index contributed by atoms with van der Waals surface area (Å²) in [5.74, 6) is 5.07. The molecule has 0 amide bonds. The molecule has 0 nitrogen and oxygen atoms in total. The molecule has 1 rings (SSSR count). The van der Waals surface area contributed by atoms with Crippen LogP contribution in [0, 0.1) is 11.8 Å². The topological polar surface area (TPSA) is 0 Å². The molecule has 1 heterocycles. The van der Waals surface area contributed by atoms with E-state index in [1.165, 1.54) is 127 Å². The van der Waals surface area contributed by atoms with Crippen molar-refractivity contribution in [2.75, 3.05) is 11.5 Å². The fourth-order valence-electron chi connectivity index (χ4n) is 4.36. The number of thioether (sulfide) groups is 1. The smallest absolute Gasteiger partial charge is 0.00361 e. The molecular weight excluding hydrogens is 320 g/mol. The van der Waals surface area contributed by atoms with Crippen molar-refractivity contribution < 1.29 is 0 Å². The zero-order valence-electron chi connectivity index (χ0n) is 17.7. The molecule has 0 aromatic carbocycles. The number of hydrogen-bond acceptors (Lipinski definition) is 1. The van der Waals surface area contributed by atoms with Gasteiger partial charge in [-0.3, -0.25) is 0 Å². The van der Waals surface area contributed by atoms with Crippen molar-refractivity contribution in [3.8, 4) is 0 Å². The quantitative estimate of drug-likeness (QED) is 0.217. The maximum absolute atomic E-state index is 2.31. The monoisotopic (exact) mass is 368 g/mol. The van der Waals surface area contributed by atoms with E-state index in [4.69, 9.17) is 0 Å². The van der Waals surface area contributed by atoms with Gasteiger partial charge < -0.3 is 0 Å². The van der Waals surface area contributed by atoms with E-state index in [1.54, 1.807) is 0 Å². The summed E-state index contributed by atoms with van der Waals surface area (Å²) in [6.45, 7) is 4.62. The van der Waals surface area contributed by atoms with Gasteiger partial charge in [0, 0.05) is 0 Å². The minimum Gasteiger partial charge on any atom is -0.161 e. The number of unbranched alkanes of at least 4 members (excludes halogenated alkanes) is 14. The van der Waals surface area contributed by atoms with Gasteiger partial charge in [-0.2, -0.15) is 11.8 Å². The van der Waals surface area contributed by atoms with Crippen LogP contribution >= 0.6 is 11.8 Å². The highest BCUT2D eigenvalue weighted by Gasteiger charge is 2.26. The molecule has 1 heteroatoms. The molecule has 0 spiro atoms. The second kappa shape index (κ2) is 17.7. The van der Waals surface area contributed by atoms with Crippen molar-refractivity contribution in [3.63, 3.8) is 0 Å². The maximum atomic E-state index is 2.31. The summed E-state index contributed by atoms with van der Waals surface area (Å²) in [4.78, 5) is 0. The van der Waals surface area contributed by atoms with Gasteiger partial charge in [0.15, 0.2) is 0 Å². The molecule has 150 valence electrons. The van der Waals surface area contributed by atoms with Crippen molar-refractivity contribution in [1.82, 2.24) is 0 Å². The summed E-state index contributed by atoms with van der Waals surface area (Å²) in [5, 5.41) is 0. The van der Waals surface area contributed by atoms with Crippen LogP contribution in [0.5, 0.6) is 0 Å². The first-order valence-corrected chi connectivity index (χ1v) is 13.1. The molecule has 2 unspecified atom stereocenters. The molecule has 1 saturated heterocycles. The predicted octanol–water partition coefficient (Wildman–Crippen LogP) is 9.03. The summed E-state index contributed by atoms with van der Waals surface area (Å²) in [7, 11) is 0. The molecule has 1 aliphatic heterocycles. The lowest BCUT2D eigenvalue weighted by molar-refractivity contribution is 0.346. The highest BCUT2D eigenvalue weighted by Crippen LogP contribution is 2.36. The van der Waals surface area contributed by atoms with Gasteiger partial charge in [0.25, 0.3) is 0 Å². The Morgan fingerprint density at radius 2 is 0.800 bits per heavy atom. The van der Waals surface area contributed by atoms with Crippen LogP contribution in [0.2, 0.25) is 0 Å². The van der Waals surface area contributed by atoms with E-state index in [2.05, 4.69) is 25.6 Å². The zero-order chi connectivity index (χ0) is 18.0. The van der Waals surface area contributed by atoms with Crippen LogP contribution < -0.4 is 0 Å². The molecular formula is C24H48S. The normalized spacial score (nSPS) is 20.4. The van der Waals surface area contributed by atoms with Crippen molar-refractivity contribution in [3.05, 3.63) is 0 Å². The summed E-state index contributed by atoms with van der Waals surface area (Å²) < 4.78 is 0. The third-order valence-corrected chi connectivity index (χ3v) is 7.52. The molecule has 0 aromatic heterocycles. The summed E-state index contributed by atoms with van der Waals surface area (Å²) in [5.41, 5.74) is 0. The van der Waals surface area contributed by atoms with Crippen LogP contribution in [-0.4, -0.2) is 11.5 Å². The van der Waals surface area contributed by atoms with Crippen LogP contribution in [0.25, 0.3) is 0 Å². The molecule has 0 radical (unpaired) electrons. The summed E-state index contributed by atoms with van der Waals surface area (Å²) in [6, 6.07) is 0. The lowest BCUT2D eigenvalue weighted by Crippen LogP contribution is -2.12. The average molecular weight is 369 g/mol. The number of rotatable bonds is 18. The Balaban J connectivity index is 1.91. The van der Waals surface area contributed by atoms with E-state index in [9.17, 15) is 0 Å². The Morgan fingerprint density at radius 1 is 0.480 bits per heavy atom. The fourth-order valence-corrected chi connectivity index (χ4v) is 5.98. The van der Waals surface area contributed by atoms with Gasteiger partial charge in [0.05, 0.1) is 0 Å². The van der Waals surface area contributed by atoms with Crippen molar-refractivity contribution in [1.29, 1.82) is 0 Å². The van der Waals surface area contributed by atoms with E-state index in [0.717, 1.165) is 11.8 Å². The molecule has 0 saturated carbocycles. The highest BCUT2D eigenvalue weighted by atomic mass is 32.2. The van der Waals surface area contributed by atoms with Crippen molar-refractivity contribution in [2.24, 2.45) is 11.8 Å². The van der Waals surface area contributed by atoms with E-state index in [-0.39, 0.29) is 0 Å². The Bertz CT molecular complexity index is 237. The molecule has 25 heavy (non-hydrogen) atoms. The van der Waals surface area contributed by atoms with Crippen LogP contribution in [-0.2, 0) is 0 Å². The maximum Gasteiger partial charge on any atom is -0.00361 e. The van der Waals surface area contributed by atoms with E-state index < -0.39 is 0 Å². The van der Waals surface area contributed by atoms with Crippen molar-refractivity contribution in [2.45, 2.75) is 129 Å². The standard InChI is InChI=1S/C24H48S/c1-3-5-7-9-11-13-15-17-19-23-21-25-22-24(23)20-18-16-14-12-10-8-6-4-2/h23-24H,3-22H2,1-2H3. The van der Waals surface area contributed by atoms with Crippen molar-refractivity contribution >= 4 is 11.8 Å². The van der Waals surface area contributed by atoms with Crippen LogP contribution in [0.4, 0.5) is 0 Å². The van der Waals surface area contributed by atoms with Crippen LogP contribution in [0.15, 0.2) is 0 Å². The third-order valence-electron chi connectivity index (χ3n) is 6.19. The molecule has 0 bridgehead atoms. The van der Waals surface area contributed by atoms with Gasteiger partial charge in [0.2, 0.25) is 0 Å². The van der Waals surface area contributed by atoms with Crippen LogP contribution in [0.3, 0.4) is 0 Å². The van der Waals surface area contributed by atoms with Gasteiger partial charge in [-0.15, -0.1) is 0 Å². The Morgan fingerprint density at radius 3 is 1.16 bits per heavy atom. The molecule has 1 aliphatic rings. The summed E-state index contributed by atoms with van der Waals surface area (Å²) >= 11 is 2.25. The molecule has 2 atom stereocenters. The second-order valence-corrected chi connectivity index (χ2v) is 9.66. The average Bonchev–Trinajstić information content (AvgIpc) is 3.07. The number of hydrogen-bond donors (Lipinski definition) is 0. The SMILES string of the molecule is CCCCCCCCCCC1CSCC1CCCCCCCCCC. The third kappa shape index (κ3) is 13.2. The first kappa shape index (κ1) is 23.4. The lowest BCUT2D eigenvalue weighted by atomic mass is 9.86. The van der Waals surface area contributed by atoms with E-state index in [0.29, 0.717) is 0 Å². The molecule has 0 aliphatic carbocycles. The van der Waals surface area contributed by atoms with E-state index in [1.807, 2.05) is 0 Å². The van der Waals surface area contributed by atoms with Gasteiger partial charge in [-0.05, 0) is 36.2 Å². The second-order valence-electron chi connectivity index (χ2n) is 8.58. The first-order valence-electron chi connectivity index (χ1n) is 12.0. The lowest BCUT2D eigenvalue weighted by Gasteiger charge is -2.18. The molecule has 1 fully saturated rings. The van der Waals surface area contributed by atoms with Gasteiger partial charge >= 0.3 is 0 Å². The van der Waals surface area contributed by atoms with Crippen LogP contribution in [0.1, 0.15) is 129 Å². The Labute approximate surface area is 164 Å². The molecule has 0 N–H and O–H groups in total. The minimum atomic E-state index is 1.06. The summed E-state index contributed by atoms with van der Waals surface area (Å²) in [6.07, 6.45) is 26.6. The Hall–Kier alpha value is 0.350. The largest absolute Gasteiger partial charge is 0.161 e. The van der Waals surface area contributed by atoms with Gasteiger partial charge in [-0.25, -0.2) is 0 Å². The first-order chi connectivity index (χ1) is 12.4. The predicted molar refractivity (Wildman–Crippen MR) is 119 cm³/mol. The van der Waals surface area contributed by atoms with E-state index >= 15 is 0 Å².